The molecule has 2 aromatic rings. The van der Waals surface area contributed by atoms with Crippen LogP contribution in [0, 0.1) is 23.1 Å². The number of amides is 1. The Hall–Kier alpha value is -2.73. The summed E-state index contributed by atoms with van der Waals surface area (Å²) in [6.45, 7) is 9.67. The predicted octanol–water partition coefficient (Wildman–Crippen LogP) is 6.76. The van der Waals surface area contributed by atoms with E-state index in [9.17, 15) is 19.1 Å². The highest BCUT2D eigenvalue weighted by Gasteiger charge is 2.40. The van der Waals surface area contributed by atoms with E-state index in [1.54, 1.807) is 17.0 Å². The second kappa shape index (κ2) is 10.8. The van der Waals surface area contributed by atoms with Crippen molar-refractivity contribution in [1.29, 1.82) is 0 Å². The number of likely N-dealkylation sites (tertiary alicyclic amines) is 2. The molecule has 2 saturated heterocycles. The van der Waals surface area contributed by atoms with E-state index in [0.717, 1.165) is 69.3 Å². The number of hydrogen-bond acceptors (Lipinski definition) is 3. The smallest absolute Gasteiger partial charge is 0.407 e. The quantitative estimate of drug-likeness (QED) is 0.473. The van der Waals surface area contributed by atoms with E-state index in [1.165, 1.54) is 17.2 Å². The van der Waals surface area contributed by atoms with Crippen molar-refractivity contribution in [2.75, 3.05) is 19.6 Å². The highest BCUT2D eigenvalue weighted by atomic mass is 19.1. The Labute approximate surface area is 226 Å². The summed E-state index contributed by atoms with van der Waals surface area (Å²) in [4.78, 5) is 29.1. The zero-order chi connectivity index (χ0) is 27.0. The van der Waals surface area contributed by atoms with Gasteiger partial charge >= 0.3 is 6.09 Å². The molecule has 5 rings (SSSR count). The van der Waals surface area contributed by atoms with Gasteiger partial charge in [0, 0.05) is 30.6 Å². The lowest BCUT2D eigenvalue weighted by molar-refractivity contribution is 0.0525. The fourth-order valence-electron chi connectivity index (χ4n) is 7.04. The third-order valence-electron chi connectivity index (χ3n) is 9.17. The van der Waals surface area contributed by atoms with Crippen LogP contribution < -0.4 is 0 Å². The van der Waals surface area contributed by atoms with Crippen LogP contribution in [0.2, 0.25) is 0 Å². The lowest BCUT2D eigenvalue weighted by Crippen LogP contribution is -2.51. The second-order valence-corrected chi connectivity index (χ2v) is 12.8. The molecule has 2 fully saturated rings. The zero-order valence-electron chi connectivity index (χ0n) is 23.0. The molecule has 0 aromatic heterocycles. The van der Waals surface area contributed by atoms with Crippen molar-refractivity contribution in [3.8, 4) is 0 Å². The van der Waals surface area contributed by atoms with E-state index in [4.69, 9.17) is 0 Å². The number of benzene rings is 2. The monoisotopic (exact) mass is 520 g/mol. The molecule has 38 heavy (non-hydrogen) atoms. The Balaban J connectivity index is 1.18. The Bertz CT molecular complexity index is 1180. The average molecular weight is 521 g/mol. The van der Waals surface area contributed by atoms with Crippen LogP contribution in [0.15, 0.2) is 42.5 Å². The molecule has 0 bridgehead atoms. The van der Waals surface area contributed by atoms with Gasteiger partial charge in [-0.15, -0.1) is 0 Å². The molecule has 3 aliphatic rings. The Morgan fingerprint density at radius 1 is 1.05 bits per heavy atom. The van der Waals surface area contributed by atoms with Crippen molar-refractivity contribution in [2.24, 2.45) is 17.3 Å². The lowest BCUT2D eigenvalue weighted by atomic mass is 9.75. The molecule has 5 nitrogen and oxygen atoms in total. The molecule has 1 aliphatic carbocycles. The predicted molar refractivity (Wildman–Crippen MR) is 147 cm³/mol. The van der Waals surface area contributed by atoms with E-state index < -0.39 is 6.09 Å². The standard InChI is InChI=1S/C32H41FN2O3/c1-32(2,3)29-19-24(11-14-35(29)31(37)38)23-7-8-28-25(17-23)18-26(30(28)36)15-21-9-12-34(13-10-21)20-22-5-4-6-27(33)16-22/h4-8,16-17,21,24,26,29H,9-15,18-20H2,1-3H3,(H,37,38). The van der Waals surface area contributed by atoms with Crippen molar-refractivity contribution in [2.45, 2.75) is 77.8 Å². The largest absolute Gasteiger partial charge is 0.465 e. The number of carboxylic acid groups (broad SMARTS) is 1. The van der Waals surface area contributed by atoms with Crippen molar-refractivity contribution < 1.29 is 19.1 Å². The Morgan fingerprint density at radius 2 is 1.82 bits per heavy atom. The first-order valence-corrected chi connectivity index (χ1v) is 14.2. The molecule has 2 aromatic carbocycles. The number of ketones is 1. The van der Waals surface area contributed by atoms with Crippen molar-refractivity contribution in [1.82, 2.24) is 9.80 Å². The highest BCUT2D eigenvalue weighted by Crippen LogP contribution is 2.41. The van der Waals surface area contributed by atoms with Gasteiger partial charge < -0.3 is 10.0 Å². The third kappa shape index (κ3) is 5.80. The summed E-state index contributed by atoms with van der Waals surface area (Å²) in [5.74, 6) is 1.05. The highest BCUT2D eigenvalue weighted by molar-refractivity contribution is 6.02. The molecule has 2 aliphatic heterocycles. The molecule has 0 spiro atoms. The summed E-state index contributed by atoms with van der Waals surface area (Å²) >= 11 is 0. The molecule has 3 atom stereocenters. The maximum Gasteiger partial charge on any atom is 0.407 e. The summed E-state index contributed by atoms with van der Waals surface area (Å²) in [7, 11) is 0. The molecular weight excluding hydrogens is 479 g/mol. The summed E-state index contributed by atoms with van der Waals surface area (Å²) in [5.41, 5.74) is 4.21. The molecule has 0 radical (unpaired) electrons. The van der Waals surface area contributed by atoms with Crippen molar-refractivity contribution in [3.05, 3.63) is 70.5 Å². The van der Waals surface area contributed by atoms with Crippen molar-refractivity contribution in [3.63, 3.8) is 0 Å². The molecule has 6 heteroatoms. The normalized spacial score (nSPS) is 25.0. The van der Waals surface area contributed by atoms with Crippen molar-refractivity contribution >= 4 is 11.9 Å². The third-order valence-corrected chi connectivity index (χ3v) is 9.17. The van der Waals surface area contributed by atoms with Crippen LogP contribution in [0.3, 0.4) is 0 Å². The van der Waals surface area contributed by atoms with Crippen LogP contribution in [-0.2, 0) is 13.0 Å². The molecule has 1 N–H and O–H groups in total. The molecular formula is C32H41FN2O3. The molecule has 3 unspecified atom stereocenters. The average Bonchev–Trinajstić information content (AvgIpc) is 3.18. The van der Waals surface area contributed by atoms with Crippen LogP contribution in [0.25, 0.3) is 0 Å². The van der Waals surface area contributed by atoms with Gasteiger partial charge in [-0.3, -0.25) is 9.69 Å². The van der Waals surface area contributed by atoms with E-state index in [-0.39, 0.29) is 23.2 Å². The van der Waals surface area contributed by atoms with Crippen LogP contribution in [-0.4, -0.2) is 52.5 Å². The Kier molecular flexibility index (Phi) is 7.63. The minimum atomic E-state index is -0.828. The van der Waals surface area contributed by atoms with Gasteiger partial charge in [-0.05, 0) is 97.7 Å². The number of rotatable bonds is 5. The summed E-state index contributed by atoms with van der Waals surface area (Å²) in [6.07, 6.45) is 4.74. The second-order valence-electron chi connectivity index (χ2n) is 12.8. The van der Waals surface area contributed by atoms with Gasteiger partial charge in [-0.1, -0.05) is 51.1 Å². The lowest BCUT2D eigenvalue weighted by Gasteiger charge is -2.44. The van der Waals surface area contributed by atoms with Gasteiger partial charge in [0.1, 0.15) is 5.82 Å². The van der Waals surface area contributed by atoms with E-state index >= 15 is 0 Å². The SMILES string of the molecule is CC(C)(C)C1CC(c2ccc3c(c2)CC(CC2CCN(Cc4cccc(F)c4)CC2)C3=O)CCN1C(=O)O. The number of halogens is 1. The fraction of sp³-hybridized carbons (Fsp3) is 0.562. The number of carbonyl (C=O) groups excluding carboxylic acids is 1. The fourth-order valence-corrected chi connectivity index (χ4v) is 7.04. The van der Waals surface area contributed by atoms with Gasteiger partial charge in [0.2, 0.25) is 0 Å². The summed E-state index contributed by atoms with van der Waals surface area (Å²) < 4.78 is 13.5. The molecule has 2 heterocycles. The van der Waals surface area contributed by atoms with Gasteiger partial charge in [-0.2, -0.15) is 0 Å². The van der Waals surface area contributed by atoms with Crippen LogP contribution >= 0.6 is 0 Å². The Morgan fingerprint density at radius 3 is 2.50 bits per heavy atom. The molecule has 204 valence electrons. The molecule has 0 saturated carbocycles. The topological polar surface area (TPSA) is 60.9 Å². The van der Waals surface area contributed by atoms with E-state index in [0.29, 0.717) is 24.2 Å². The molecule has 1 amide bonds. The van der Waals surface area contributed by atoms with Crippen LogP contribution in [0.1, 0.15) is 85.8 Å². The first-order chi connectivity index (χ1) is 18.1. The summed E-state index contributed by atoms with van der Waals surface area (Å²) in [6, 6.07) is 13.2. The number of carbonyl (C=O) groups is 2. The number of Topliss-reactive ketones (excluding diaryl/α,β-unsaturated/α-hetero) is 1. The minimum absolute atomic E-state index is 0.0202. The first-order valence-electron chi connectivity index (χ1n) is 14.2. The number of nitrogens with zero attached hydrogens (tertiary/aromatic N) is 2. The van der Waals surface area contributed by atoms with E-state index in [2.05, 4.69) is 37.8 Å². The van der Waals surface area contributed by atoms with Gasteiger partial charge in [0.25, 0.3) is 0 Å². The number of hydrogen-bond donors (Lipinski definition) is 1. The van der Waals surface area contributed by atoms with Crippen LogP contribution in [0.4, 0.5) is 9.18 Å². The first kappa shape index (κ1) is 26.9. The van der Waals surface area contributed by atoms with Gasteiger partial charge in [0.05, 0.1) is 0 Å². The van der Waals surface area contributed by atoms with E-state index in [1.807, 2.05) is 12.1 Å². The van der Waals surface area contributed by atoms with Gasteiger partial charge in [-0.25, -0.2) is 9.18 Å². The van der Waals surface area contributed by atoms with Gasteiger partial charge in [0.15, 0.2) is 5.78 Å². The minimum Gasteiger partial charge on any atom is -0.465 e. The van der Waals surface area contributed by atoms with Crippen LogP contribution in [0.5, 0.6) is 0 Å². The maximum absolute atomic E-state index is 13.5. The zero-order valence-corrected chi connectivity index (χ0v) is 23.0. The maximum atomic E-state index is 13.5. The number of piperidine rings is 2. The summed E-state index contributed by atoms with van der Waals surface area (Å²) in [5, 5.41) is 9.71. The number of fused-ring (bicyclic) bond motifs is 1.